The Hall–Kier alpha value is -1.46. The van der Waals surface area contributed by atoms with Gasteiger partial charge in [-0.1, -0.05) is 0 Å². The number of hydrogen-bond donors (Lipinski definition) is 1. The molecule has 5 heteroatoms. The van der Waals surface area contributed by atoms with Crippen molar-refractivity contribution >= 4 is 11.0 Å². The van der Waals surface area contributed by atoms with Crippen molar-refractivity contribution < 1.29 is 13.2 Å². The van der Waals surface area contributed by atoms with Crippen molar-refractivity contribution in [1.29, 1.82) is 0 Å². The first-order chi connectivity index (χ1) is 8.75. The summed E-state index contributed by atoms with van der Waals surface area (Å²) in [5.74, 6) is -1.14. The van der Waals surface area contributed by atoms with E-state index in [9.17, 15) is 8.78 Å². The van der Waals surface area contributed by atoms with Crippen LogP contribution in [0.3, 0.4) is 0 Å². The third-order valence-corrected chi connectivity index (χ3v) is 3.34. The second-order valence-corrected chi connectivity index (χ2v) is 4.51. The summed E-state index contributed by atoms with van der Waals surface area (Å²) < 4.78 is 32.4. The topological polar surface area (TPSA) is 28.4 Å². The van der Waals surface area contributed by atoms with Crippen molar-refractivity contribution in [2.45, 2.75) is 6.54 Å². The summed E-state index contributed by atoms with van der Waals surface area (Å²) in [5.41, 5.74) is 0.656. The molecule has 0 bridgehead atoms. The van der Waals surface area contributed by atoms with Crippen LogP contribution < -0.4 is 5.32 Å². The average molecular weight is 252 g/mol. The first kappa shape index (κ1) is 11.6. The molecule has 0 unspecified atom stereocenters. The molecule has 1 saturated heterocycles. The van der Waals surface area contributed by atoms with Crippen molar-refractivity contribution in [1.82, 2.24) is 10.2 Å². The number of halogens is 2. The van der Waals surface area contributed by atoms with Gasteiger partial charge in [-0.05, 0) is 6.07 Å². The van der Waals surface area contributed by atoms with Gasteiger partial charge >= 0.3 is 0 Å². The number of nitrogens with zero attached hydrogens (tertiary/aromatic N) is 1. The van der Waals surface area contributed by atoms with Gasteiger partial charge in [-0.2, -0.15) is 0 Å². The van der Waals surface area contributed by atoms with Crippen LogP contribution in [-0.2, 0) is 6.54 Å². The third-order valence-electron chi connectivity index (χ3n) is 3.34. The van der Waals surface area contributed by atoms with Gasteiger partial charge < -0.3 is 9.73 Å². The molecule has 1 fully saturated rings. The molecular formula is C13H14F2N2O. The SMILES string of the molecule is Fc1cc(F)c2occc2c1CN1CCNCC1. The molecule has 0 aliphatic carbocycles. The number of nitrogens with one attached hydrogen (secondary N) is 1. The Morgan fingerprint density at radius 1 is 1.22 bits per heavy atom. The molecule has 3 rings (SSSR count). The van der Waals surface area contributed by atoms with E-state index < -0.39 is 11.6 Å². The van der Waals surface area contributed by atoms with Crippen LogP contribution in [-0.4, -0.2) is 31.1 Å². The fourth-order valence-electron chi connectivity index (χ4n) is 2.38. The van der Waals surface area contributed by atoms with E-state index in [-0.39, 0.29) is 5.58 Å². The van der Waals surface area contributed by atoms with E-state index in [1.165, 1.54) is 6.26 Å². The Kier molecular flexibility index (Phi) is 3.01. The molecule has 1 aliphatic rings. The lowest BCUT2D eigenvalue weighted by molar-refractivity contribution is 0.231. The van der Waals surface area contributed by atoms with Crippen LogP contribution in [0.15, 0.2) is 22.8 Å². The fraction of sp³-hybridized carbons (Fsp3) is 0.385. The minimum atomic E-state index is -0.642. The molecule has 2 heterocycles. The minimum Gasteiger partial charge on any atom is -0.461 e. The van der Waals surface area contributed by atoms with Crippen LogP contribution in [0, 0.1) is 11.6 Å². The summed E-state index contributed by atoms with van der Waals surface area (Å²) in [4.78, 5) is 2.15. The van der Waals surface area contributed by atoms with Crippen molar-refractivity contribution in [2.24, 2.45) is 0 Å². The van der Waals surface area contributed by atoms with E-state index in [0.717, 1.165) is 32.2 Å². The molecule has 0 amide bonds. The predicted molar refractivity (Wildman–Crippen MR) is 64.3 cm³/mol. The van der Waals surface area contributed by atoms with Crippen molar-refractivity contribution in [2.75, 3.05) is 26.2 Å². The Bertz CT molecular complexity index is 561. The number of hydrogen-bond acceptors (Lipinski definition) is 3. The zero-order valence-corrected chi connectivity index (χ0v) is 9.88. The highest BCUT2D eigenvalue weighted by molar-refractivity contribution is 5.81. The van der Waals surface area contributed by atoms with Crippen molar-refractivity contribution in [3.05, 3.63) is 35.6 Å². The highest BCUT2D eigenvalue weighted by Crippen LogP contribution is 2.26. The summed E-state index contributed by atoms with van der Waals surface area (Å²) in [7, 11) is 0. The van der Waals surface area contributed by atoms with Crippen LogP contribution in [0.4, 0.5) is 8.78 Å². The Balaban J connectivity index is 1.97. The number of furan rings is 1. The van der Waals surface area contributed by atoms with Gasteiger partial charge in [-0.25, -0.2) is 8.78 Å². The number of rotatable bonds is 2. The van der Waals surface area contributed by atoms with E-state index in [0.29, 0.717) is 17.5 Å². The van der Waals surface area contributed by atoms with E-state index in [2.05, 4.69) is 10.2 Å². The lowest BCUT2D eigenvalue weighted by atomic mass is 10.1. The normalized spacial score (nSPS) is 17.4. The Morgan fingerprint density at radius 2 is 2.00 bits per heavy atom. The molecule has 1 aromatic carbocycles. The van der Waals surface area contributed by atoms with Crippen LogP contribution in [0.2, 0.25) is 0 Å². The van der Waals surface area contributed by atoms with E-state index in [1.54, 1.807) is 6.07 Å². The minimum absolute atomic E-state index is 0.140. The van der Waals surface area contributed by atoms with Gasteiger partial charge in [0.25, 0.3) is 0 Å². The highest BCUT2D eigenvalue weighted by atomic mass is 19.1. The number of fused-ring (bicyclic) bond motifs is 1. The standard InChI is InChI=1S/C13H14F2N2O/c14-11-7-12(15)13-9(1-6-18-13)10(11)8-17-4-2-16-3-5-17/h1,6-7,16H,2-5,8H2. The van der Waals surface area contributed by atoms with Crippen molar-refractivity contribution in [3.63, 3.8) is 0 Å². The van der Waals surface area contributed by atoms with E-state index >= 15 is 0 Å². The van der Waals surface area contributed by atoms with Crippen LogP contribution in [0.1, 0.15) is 5.56 Å². The van der Waals surface area contributed by atoms with Crippen LogP contribution in [0.25, 0.3) is 11.0 Å². The highest BCUT2D eigenvalue weighted by Gasteiger charge is 2.18. The molecule has 0 spiro atoms. The first-order valence-corrected chi connectivity index (χ1v) is 6.03. The van der Waals surface area contributed by atoms with Crippen LogP contribution >= 0.6 is 0 Å². The molecular weight excluding hydrogens is 238 g/mol. The quantitative estimate of drug-likeness (QED) is 0.887. The van der Waals surface area contributed by atoms with Gasteiger partial charge in [0, 0.05) is 49.7 Å². The number of piperazine rings is 1. The monoisotopic (exact) mass is 252 g/mol. The van der Waals surface area contributed by atoms with Crippen LogP contribution in [0.5, 0.6) is 0 Å². The lowest BCUT2D eigenvalue weighted by Gasteiger charge is -2.27. The predicted octanol–water partition coefficient (Wildman–Crippen LogP) is 2.12. The Labute approximate surface area is 103 Å². The zero-order valence-electron chi connectivity index (χ0n) is 9.88. The summed E-state index contributed by atoms with van der Waals surface area (Å²) in [6, 6.07) is 2.53. The van der Waals surface area contributed by atoms with Gasteiger partial charge in [0.05, 0.1) is 6.26 Å². The molecule has 1 N–H and O–H groups in total. The van der Waals surface area contributed by atoms with E-state index in [4.69, 9.17) is 4.42 Å². The smallest absolute Gasteiger partial charge is 0.169 e. The van der Waals surface area contributed by atoms with Gasteiger partial charge in [0.2, 0.25) is 0 Å². The summed E-state index contributed by atoms with van der Waals surface area (Å²) in [6.07, 6.45) is 1.40. The first-order valence-electron chi connectivity index (χ1n) is 6.03. The van der Waals surface area contributed by atoms with Gasteiger partial charge in [0.1, 0.15) is 5.82 Å². The molecule has 1 aromatic heterocycles. The molecule has 1 aliphatic heterocycles. The summed E-state index contributed by atoms with van der Waals surface area (Å²) >= 11 is 0. The molecule has 0 saturated carbocycles. The van der Waals surface area contributed by atoms with Crippen molar-refractivity contribution in [3.8, 4) is 0 Å². The zero-order chi connectivity index (χ0) is 12.5. The largest absolute Gasteiger partial charge is 0.461 e. The Morgan fingerprint density at radius 3 is 2.78 bits per heavy atom. The molecule has 2 aromatic rings. The maximum absolute atomic E-state index is 13.9. The summed E-state index contributed by atoms with van der Waals surface area (Å²) in [6.45, 7) is 4.03. The van der Waals surface area contributed by atoms with E-state index in [1.807, 2.05) is 0 Å². The molecule has 96 valence electrons. The molecule has 3 nitrogen and oxygen atoms in total. The maximum atomic E-state index is 13.9. The third kappa shape index (κ3) is 2.00. The molecule has 0 radical (unpaired) electrons. The second kappa shape index (κ2) is 4.66. The fourth-order valence-corrected chi connectivity index (χ4v) is 2.38. The average Bonchev–Trinajstić information content (AvgIpc) is 2.85. The maximum Gasteiger partial charge on any atom is 0.169 e. The van der Waals surface area contributed by atoms with Gasteiger partial charge in [0.15, 0.2) is 11.4 Å². The number of benzene rings is 1. The van der Waals surface area contributed by atoms with Gasteiger partial charge in [-0.15, -0.1) is 0 Å². The molecule has 18 heavy (non-hydrogen) atoms. The van der Waals surface area contributed by atoms with Gasteiger partial charge in [-0.3, -0.25) is 4.90 Å². The molecule has 0 atom stereocenters. The lowest BCUT2D eigenvalue weighted by Crippen LogP contribution is -2.43. The second-order valence-electron chi connectivity index (χ2n) is 4.51. The summed E-state index contributed by atoms with van der Waals surface area (Å²) in [5, 5.41) is 3.78.